The van der Waals surface area contributed by atoms with Gasteiger partial charge in [0, 0.05) is 32.2 Å². The van der Waals surface area contributed by atoms with E-state index in [4.69, 9.17) is 0 Å². The van der Waals surface area contributed by atoms with Crippen molar-refractivity contribution in [2.45, 2.75) is 0 Å². The smallest absolute Gasteiger partial charge is 0.350 e. The van der Waals surface area contributed by atoms with E-state index in [2.05, 4.69) is 0 Å². The predicted molar refractivity (Wildman–Crippen MR) is 139 cm³/mol. The SMILES string of the molecule is O/C(=C\C(=[OH+])c1ccccc1)c1ccccc1.O/C(=C\C(=[OH+])c1ccccc1)c1ccccc1.[Mo]. The van der Waals surface area contributed by atoms with E-state index in [1.807, 2.05) is 72.8 Å². The molecular formula is C30H26MoO4+2. The van der Waals surface area contributed by atoms with Crippen LogP contribution in [0, 0.1) is 0 Å². The minimum absolute atomic E-state index is 0. The van der Waals surface area contributed by atoms with Crippen molar-refractivity contribution < 1.29 is 40.9 Å². The molecule has 4 nitrogen and oxygen atoms in total. The average Bonchev–Trinajstić information content (AvgIpc) is 2.91. The molecule has 0 atom stereocenters. The fourth-order valence-corrected chi connectivity index (χ4v) is 3.03. The van der Waals surface area contributed by atoms with E-state index in [0.29, 0.717) is 22.3 Å². The van der Waals surface area contributed by atoms with Gasteiger partial charge in [0.25, 0.3) is 0 Å². The third kappa shape index (κ3) is 8.69. The molecule has 4 aromatic carbocycles. The average molecular weight is 546 g/mol. The fourth-order valence-electron chi connectivity index (χ4n) is 3.03. The van der Waals surface area contributed by atoms with E-state index in [9.17, 15) is 19.8 Å². The molecule has 4 N–H and O–H groups in total. The first-order valence-corrected chi connectivity index (χ1v) is 10.7. The molecule has 0 aliphatic heterocycles. The molecule has 0 aromatic heterocycles. The number of allylic oxidation sites excluding steroid dienone is 2. The minimum atomic E-state index is 0. The second-order valence-electron chi connectivity index (χ2n) is 7.29. The maximum Gasteiger partial charge on any atom is 0.350 e. The third-order valence-electron chi connectivity index (χ3n) is 4.83. The predicted octanol–water partition coefficient (Wildman–Crippen LogP) is 6.35. The van der Waals surface area contributed by atoms with E-state index in [-0.39, 0.29) is 44.2 Å². The molecule has 4 aromatic rings. The van der Waals surface area contributed by atoms with Crippen molar-refractivity contribution in [3.63, 3.8) is 0 Å². The molecule has 0 fully saturated rings. The zero-order valence-electron chi connectivity index (χ0n) is 18.9. The third-order valence-corrected chi connectivity index (χ3v) is 4.83. The Morgan fingerprint density at radius 2 is 0.657 bits per heavy atom. The van der Waals surface area contributed by atoms with Gasteiger partial charge in [-0.25, -0.2) is 0 Å². The summed E-state index contributed by atoms with van der Waals surface area (Å²) in [5.41, 5.74) is 2.70. The maximum atomic E-state index is 9.83. The van der Waals surface area contributed by atoms with Crippen molar-refractivity contribution in [2.75, 3.05) is 0 Å². The summed E-state index contributed by atoms with van der Waals surface area (Å²) >= 11 is 0. The molecule has 0 aliphatic rings. The molecule has 0 unspecified atom stereocenters. The van der Waals surface area contributed by atoms with Crippen LogP contribution in [0.1, 0.15) is 22.3 Å². The van der Waals surface area contributed by atoms with Crippen molar-refractivity contribution in [1.29, 1.82) is 0 Å². The number of hydrogen-bond donors (Lipinski definition) is 2. The van der Waals surface area contributed by atoms with E-state index in [0.717, 1.165) is 0 Å². The van der Waals surface area contributed by atoms with Gasteiger partial charge in [0.05, 0.1) is 23.3 Å². The second-order valence-corrected chi connectivity index (χ2v) is 7.29. The molecule has 0 heterocycles. The van der Waals surface area contributed by atoms with Crippen LogP contribution in [0.2, 0.25) is 0 Å². The molecule has 0 bridgehead atoms. The topological polar surface area (TPSA) is 83.3 Å². The van der Waals surface area contributed by atoms with Crippen LogP contribution in [0.15, 0.2) is 133 Å². The van der Waals surface area contributed by atoms with Crippen LogP contribution in [-0.4, -0.2) is 31.4 Å². The van der Waals surface area contributed by atoms with Gasteiger partial charge < -0.3 is 10.2 Å². The van der Waals surface area contributed by atoms with Crippen LogP contribution in [0.25, 0.3) is 11.5 Å². The van der Waals surface area contributed by atoms with Gasteiger partial charge in [-0.1, -0.05) is 97.1 Å². The van der Waals surface area contributed by atoms with Crippen LogP contribution < -0.4 is 0 Å². The first kappa shape index (κ1) is 27.2. The van der Waals surface area contributed by atoms with E-state index >= 15 is 0 Å². The van der Waals surface area contributed by atoms with E-state index in [1.165, 1.54) is 12.2 Å². The van der Waals surface area contributed by atoms with E-state index in [1.54, 1.807) is 48.5 Å². The van der Waals surface area contributed by atoms with Gasteiger partial charge >= 0.3 is 11.6 Å². The zero-order valence-corrected chi connectivity index (χ0v) is 20.9. The largest absolute Gasteiger partial charge is 0.507 e. The minimum Gasteiger partial charge on any atom is -0.507 e. The summed E-state index contributed by atoms with van der Waals surface area (Å²) in [6, 6.07) is 36.4. The quantitative estimate of drug-likeness (QED) is 0.0971. The number of aliphatic hydroxyl groups is 2. The van der Waals surface area contributed by atoms with Gasteiger partial charge in [0.15, 0.2) is 0 Å². The monoisotopic (exact) mass is 548 g/mol. The molecule has 5 heteroatoms. The zero-order chi connectivity index (χ0) is 24.2. The van der Waals surface area contributed by atoms with Crippen LogP contribution in [0.3, 0.4) is 0 Å². The summed E-state index contributed by atoms with van der Waals surface area (Å²) in [6.45, 7) is 0. The molecule has 0 amide bonds. The van der Waals surface area contributed by atoms with Crippen LogP contribution >= 0.6 is 0 Å². The second kappa shape index (κ2) is 14.3. The summed E-state index contributed by atoms with van der Waals surface area (Å²) in [5.74, 6) is 0.192. The first-order valence-electron chi connectivity index (χ1n) is 10.7. The molecule has 0 saturated carbocycles. The van der Waals surface area contributed by atoms with Crippen molar-refractivity contribution in [3.8, 4) is 0 Å². The summed E-state index contributed by atoms with van der Waals surface area (Å²) in [7, 11) is 0. The van der Waals surface area contributed by atoms with Gasteiger partial charge in [-0.3, -0.25) is 9.59 Å². The number of carbonyl (C=O) groups excluding carboxylic acids is 2. The molecule has 4 rings (SSSR count). The van der Waals surface area contributed by atoms with Gasteiger partial charge in [0.1, 0.15) is 11.5 Å². The van der Waals surface area contributed by atoms with E-state index < -0.39 is 0 Å². The Bertz CT molecular complexity index is 1160. The summed E-state index contributed by atoms with van der Waals surface area (Å²) < 4.78 is 0. The number of aliphatic hydroxyl groups excluding tert-OH is 2. The molecule has 0 radical (unpaired) electrons. The number of ketones is 2. The van der Waals surface area contributed by atoms with Crippen molar-refractivity contribution in [1.82, 2.24) is 0 Å². The fraction of sp³-hybridized carbons (Fsp3) is 0. The van der Waals surface area contributed by atoms with Crippen molar-refractivity contribution in [3.05, 3.63) is 156 Å². The molecule has 174 valence electrons. The van der Waals surface area contributed by atoms with Crippen LogP contribution in [0.5, 0.6) is 0 Å². The van der Waals surface area contributed by atoms with Gasteiger partial charge in [-0.05, 0) is 24.3 Å². The first-order chi connectivity index (χ1) is 16.5. The Kier molecular flexibility index (Phi) is 11.1. The Labute approximate surface area is 219 Å². The van der Waals surface area contributed by atoms with Crippen LogP contribution in [0.4, 0.5) is 0 Å². The standard InChI is InChI=1S/2C15H12O2.Mo/c2*16-14(12-7-3-1-4-8-12)11-15(17)13-9-5-2-6-10-13;/h2*1-11,16H;/p+2/b2*14-11-;. The Balaban J connectivity index is 0.000000240. The molecule has 0 saturated heterocycles. The Morgan fingerprint density at radius 1 is 0.429 bits per heavy atom. The van der Waals surface area contributed by atoms with Gasteiger partial charge in [0.2, 0.25) is 0 Å². The maximum absolute atomic E-state index is 9.83. The number of hydrogen-bond acceptors (Lipinski definition) is 2. The summed E-state index contributed by atoms with van der Waals surface area (Å²) in [6.07, 6.45) is 2.70. The number of benzene rings is 4. The molecule has 0 aliphatic carbocycles. The summed E-state index contributed by atoms with van der Waals surface area (Å²) in [5, 5.41) is 19.7. The van der Waals surface area contributed by atoms with Gasteiger partial charge in [-0.15, -0.1) is 0 Å². The van der Waals surface area contributed by atoms with Crippen molar-refractivity contribution >= 4 is 23.1 Å². The van der Waals surface area contributed by atoms with Crippen LogP contribution in [-0.2, 0) is 21.1 Å². The van der Waals surface area contributed by atoms with Gasteiger partial charge in [-0.2, -0.15) is 0 Å². The normalized spacial score (nSPS) is 10.9. The Morgan fingerprint density at radius 3 is 0.914 bits per heavy atom. The van der Waals surface area contributed by atoms with Crippen molar-refractivity contribution in [2.24, 2.45) is 0 Å². The molecule has 0 spiro atoms. The summed E-state index contributed by atoms with van der Waals surface area (Å²) in [4.78, 5) is 19.7. The Hall–Kier alpha value is -4.01. The number of rotatable bonds is 6. The molecular weight excluding hydrogens is 520 g/mol. The molecule has 35 heavy (non-hydrogen) atoms.